The molecular formula is C4H16CrCsGeN4Se4. The second-order valence-electron chi connectivity index (χ2n) is 1.15. The summed E-state index contributed by atoms with van der Waals surface area (Å²) in [7, 11) is 0. The third-order valence-electron chi connectivity index (χ3n) is 0.333. The van der Waals surface area contributed by atoms with Crippen molar-refractivity contribution in [2.75, 3.05) is 26.2 Å². The molecule has 0 bridgehead atoms. The molecule has 15 heavy (non-hydrogen) atoms. The quantitative estimate of drug-likeness (QED) is 0.216. The Bertz CT molecular complexity index is 42.6. The van der Waals surface area contributed by atoms with Crippen LogP contribution in [0.3, 0.4) is 0 Å². The summed E-state index contributed by atoms with van der Waals surface area (Å²) in [5.41, 5.74) is 19.6. The molecule has 0 unspecified atom stereocenters. The van der Waals surface area contributed by atoms with Crippen LogP contribution in [0.2, 0.25) is 0 Å². The minimum absolute atomic E-state index is 0. The first-order chi connectivity index (χ1) is 3.83. The minimum Gasteiger partial charge on any atom is -1.00 e. The molecule has 0 saturated carbocycles. The van der Waals surface area contributed by atoms with Gasteiger partial charge in [0.15, 0.2) is 0 Å². The molecule has 0 fully saturated rings. The molecule has 0 aromatic rings. The zero-order valence-electron chi connectivity index (χ0n) is 8.68. The van der Waals surface area contributed by atoms with Crippen LogP contribution in [0.1, 0.15) is 0 Å². The molecule has 0 spiro atoms. The number of rotatable bonds is 2. The van der Waals surface area contributed by atoms with E-state index in [1.165, 1.54) is 0 Å². The van der Waals surface area contributed by atoms with Crippen molar-refractivity contribution in [2.24, 2.45) is 22.9 Å². The molecule has 8 N–H and O–H groups in total. The van der Waals surface area contributed by atoms with Crippen LogP contribution < -0.4 is 91.8 Å². The summed E-state index contributed by atoms with van der Waals surface area (Å²) in [6.45, 7) is 2.39. The van der Waals surface area contributed by atoms with Gasteiger partial charge in [0.25, 0.3) is 0 Å². The molecule has 87 valence electrons. The normalized spacial score (nSPS) is 4.00. The molecule has 0 aromatic carbocycles. The van der Waals surface area contributed by atoms with Gasteiger partial charge in [0.2, 0.25) is 0 Å². The molecule has 0 aliphatic carbocycles. The summed E-state index contributed by atoms with van der Waals surface area (Å²) < 4.78 is 0. The second kappa shape index (κ2) is 75.8. The predicted octanol–water partition coefficient (Wildman–Crippen LogP) is -7.09. The van der Waals surface area contributed by atoms with Gasteiger partial charge in [0.1, 0.15) is 0 Å². The van der Waals surface area contributed by atoms with E-state index < -0.39 is 0 Å². The Hall–Kier alpha value is 5.05. The van der Waals surface area contributed by atoms with Gasteiger partial charge in [-0.3, -0.25) is 0 Å². The van der Waals surface area contributed by atoms with Crippen molar-refractivity contribution in [3.8, 4) is 0 Å². The van der Waals surface area contributed by atoms with Crippen LogP contribution in [0.15, 0.2) is 0 Å². The molecule has 4 nitrogen and oxygen atoms in total. The summed E-state index contributed by atoms with van der Waals surface area (Å²) in [4.78, 5) is 0. The zero-order chi connectivity index (χ0) is 6.83. The number of hydrogen-bond donors (Lipinski definition) is 4. The third kappa shape index (κ3) is 111. The maximum atomic E-state index is 4.90. The summed E-state index contributed by atoms with van der Waals surface area (Å²) in [5.74, 6) is 0. The van der Waals surface area contributed by atoms with Crippen LogP contribution in [0.5, 0.6) is 0 Å². The Morgan fingerprint density at radius 3 is 0.600 bits per heavy atom. The molecule has 0 aromatic heterocycles. The first kappa shape index (κ1) is 59.6. The Kier molecular flexibility index (Phi) is 301. The second-order valence-corrected chi connectivity index (χ2v) is 1.15. The van der Waals surface area contributed by atoms with Crippen molar-refractivity contribution in [3.63, 3.8) is 0 Å². The Morgan fingerprint density at radius 1 is 0.533 bits per heavy atom. The molecule has 9 radical (unpaired) electrons. The van der Waals surface area contributed by atoms with Crippen molar-refractivity contribution < 1.29 is 86.3 Å². The van der Waals surface area contributed by atoms with Crippen molar-refractivity contribution in [2.45, 2.75) is 0 Å². The van der Waals surface area contributed by atoms with Crippen molar-refractivity contribution in [3.05, 3.63) is 0 Å². The van der Waals surface area contributed by atoms with Crippen molar-refractivity contribution in [1.82, 2.24) is 0 Å². The molecule has 0 rings (SSSR count). The third-order valence-corrected chi connectivity index (χ3v) is 0.333. The van der Waals surface area contributed by atoms with Gasteiger partial charge in [-0.05, 0) is 0 Å². The van der Waals surface area contributed by atoms with Crippen LogP contribution in [0, 0.1) is 0 Å². The van der Waals surface area contributed by atoms with Gasteiger partial charge in [0.05, 0.1) is 0 Å². The van der Waals surface area contributed by atoms with E-state index in [4.69, 9.17) is 22.9 Å². The molecule has 0 aliphatic rings. The Balaban J connectivity index is -0.00000000468. The van der Waals surface area contributed by atoms with E-state index in [0.29, 0.717) is 26.2 Å². The van der Waals surface area contributed by atoms with E-state index >= 15 is 0 Å². The molecule has 11 heteroatoms. The van der Waals surface area contributed by atoms with E-state index in [1.807, 2.05) is 0 Å². The molecule has 0 heterocycles. The van der Waals surface area contributed by atoms with Gasteiger partial charge < -0.3 is 91.2 Å². The first-order valence-electron chi connectivity index (χ1n) is 2.63. The summed E-state index contributed by atoms with van der Waals surface area (Å²) in [5, 5.41) is 0. The van der Waals surface area contributed by atoms with Gasteiger partial charge in [-0.15, -0.1) is 0 Å². The van der Waals surface area contributed by atoms with E-state index in [9.17, 15) is 0 Å². The summed E-state index contributed by atoms with van der Waals surface area (Å²) in [6, 6.07) is 0. The average Bonchev–Trinajstić information content (AvgIpc) is 1.88. The van der Waals surface area contributed by atoms with Crippen LogP contribution in [-0.2, 0) is 17.4 Å². The van der Waals surface area contributed by atoms with Crippen LogP contribution >= 0.6 is 0 Å². The first-order valence-corrected chi connectivity index (χ1v) is 2.63. The van der Waals surface area contributed by atoms with E-state index in [2.05, 4.69) is 0 Å². The maximum Gasteiger partial charge on any atom is 3.00 e. The van der Waals surface area contributed by atoms with Gasteiger partial charge >= 0.3 is 86.3 Å². The maximum absolute atomic E-state index is 4.90. The molecule has 0 saturated heterocycles. The molecule has 0 atom stereocenters. The SMILES string of the molecule is NCCN.NCCN.[Cr+3].[Cs+].[Ge].[Se-].[Se-].[Se-].[Se-]. The van der Waals surface area contributed by atoms with Gasteiger partial charge in [-0.25, -0.2) is 0 Å². The number of hydrogen-bond acceptors (Lipinski definition) is 4. The van der Waals surface area contributed by atoms with Crippen molar-refractivity contribution >= 4 is 85.9 Å². The van der Waals surface area contributed by atoms with Gasteiger partial charge in [0, 0.05) is 43.8 Å². The monoisotopic (exact) mass is 699 g/mol. The van der Waals surface area contributed by atoms with Gasteiger partial charge in [-0.2, -0.15) is 0 Å². The van der Waals surface area contributed by atoms with E-state index in [0.717, 1.165) is 0 Å². The van der Waals surface area contributed by atoms with Crippen molar-refractivity contribution in [1.29, 1.82) is 0 Å². The molecule has 0 amide bonds. The largest absolute Gasteiger partial charge is 3.00 e. The summed E-state index contributed by atoms with van der Waals surface area (Å²) in [6.07, 6.45) is 0. The van der Waals surface area contributed by atoms with E-state index in [1.54, 1.807) is 0 Å². The van der Waals surface area contributed by atoms with Crippen LogP contribution in [0.25, 0.3) is 0 Å². The average molecular weight is 694 g/mol. The van der Waals surface area contributed by atoms with Gasteiger partial charge in [-0.1, -0.05) is 0 Å². The topological polar surface area (TPSA) is 104 Å². The van der Waals surface area contributed by atoms with Crippen LogP contribution in [0.4, 0.5) is 0 Å². The summed E-state index contributed by atoms with van der Waals surface area (Å²) >= 11 is 0. The fraction of sp³-hybridized carbons (Fsp3) is 1.00. The fourth-order valence-corrected chi connectivity index (χ4v) is 0. The smallest absolute Gasteiger partial charge is 1.00 e. The molecule has 0 aliphatic heterocycles. The Morgan fingerprint density at radius 2 is 0.600 bits per heavy atom. The standard InChI is InChI=1S/2C2H8N2.Cr.Cs.Ge.4Se/c2*3-1-2-4;;;;;;;/h2*1-4H2;;;;;;;/q;;+3;+1;;4*-1. The Labute approximate surface area is 216 Å². The minimum atomic E-state index is 0. The predicted molar refractivity (Wildman–Crippen MR) is 65.0 cm³/mol. The van der Waals surface area contributed by atoms with E-state index in [-0.39, 0.29) is 172 Å². The number of nitrogens with two attached hydrogens (primary N) is 4. The molecular weight excluding hydrogens is 677 g/mol. The zero-order valence-corrected chi connectivity index (χ0v) is 25.2. The van der Waals surface area contributed by atoms with Crippen LogP contribution in [-0.4, -0.2) is 112 Å². The fourth-order valence-electron chi connectivity index (χ4n) is 0.